The van der Waals surface area contributed by atoms with Gasteiger partial charge < -0.3 is 9.84 Å². The summed E-state index contributed by atoms with van der Waals surface area (Å²) in [6.45, 7) is 4.58. The first kappa shape index (κ1) is 15.5. The molecule has 20 heavy (non-hydrogen) atoms. The van der Waals surface area contributed by atoms with E-state index < -0.39 is 6.10 Å². The largest absolute Gasteiger partial charge is 0.494 e. The molecule has 106 valence electrons. The first-order chi connectivity index (χ1) is 9.51. The van der Waals surface area contributed by atoms with Gasteiger partial charge in [-0.15, -0.1) is 0 Å². The number of aliphatic hydroxyl groups excluding tert-OH is 1. The molecule has 0 aliphatic rings. The zero-order chi connectivity index (χ0) is 14.7. The van der Waals surface area contributed by atoms with E-state index in [2.05, 4.69) is 31.9 Å². The number of ether oxygens (including phenoxy) is 1. The van der Waals surface area contributed by atoms with Crippen LogP contribution in [0.1, 0.15) is 29.7 Å². The normalized spacial score (nSPS) is 12.2. The molecule has 2 aromatic rings. The number of benzene rings is 2. The van der Waals surface area contributed by atoms with E-state index in [4.69, 9.17) is 4.74 Å². The molecule has 0 spiro atoms. The summed E-state index contributed by atoms with van der Waals surface area (Å²) < 4.78 is 7.25. The van der Waals surface area contributed by atoms with Gasteiger partial charge in [-0.2, -0.15) is 0 Å². The maximum atomic E-state index is 10.6. The third kappa shape index (κ3) is 3.62. The van der Waals surface area contributed by atoms with Crippen LogP contribution < -0.4 is 4.74 Å². The Hall–Kier alpha value is -0.840. The average molecular weight is 400 g/mol. The van der Waals surface area contributed by atoms with Crippen LogP contribution in [0.3, 0.4) is 0 Å². The van der Waals surface area contributed by atoms with Crippen molar-refractivity contribution in [2.45, 2.75) is 20.0 Å². The molecule has 2 rings (SSSR count). The van der Waals surface area contributed by atoms with Gasteiger partial charge in [-0.3, -0.25) is 0 Å². The van der Waals surface area contributed by atoms with E-state index in [1.54, 1.807) is 0 Å². The van der Waals surface area contributed by atoms with Crippen LogP contribution in [-0.2, 0) is 0 Å². The standard InChI is InChI=1S/C16H16Br2O2/c1-3-20-13-4-5-14(15(18)9-13)16(19)11-6-10(2)7-12(17)8-11/h4-9,16,19H,3H2,1-2H3. The molecule has 1 unspecified atom stereocenters. The van der Waals surface area contributed by atoms with Crippen LogP contribution in [0.4, 0.5) is 0 Å². The van der Waals surface area contributed by atoms with Crippen LogP contribution in [0.25, 0.3) is 0 Å². The van der Waals surface area contributed by atoms with E-state index in [0.29, 0.717) is 6.61 Å². The SMILES string of the molecule is CCOc1ccc(C(O)c2cc(C)cc(Br)c2)c(Br)c1. The van der Waals surface area contributed by atoms with Gasteiger partial charge in [0.25, 0.3) is 0 Å². The van der Waals surface area contributed by atoms with Gasteiger partial charge in [-0.25, -0.2) is 0 Å². The van der Waals surface area contributed by atoms with Crippen LogP contribution in [0.2, 0.25) is 0 Å². The summed E-state index contributed by atoms with van der Waals surface area (Å²) in [6.07, 6.45) is -0.670. The second kappa shape index (κ2) is 6.74. The molecular formula is C16H16Br2O2. The monoisotopic (exact) mass is 398 g/mol. The van der Waals surface area contributed by atoms with E-state index in [-0.39, 0.29) is 0 Å². The minimum absolute atomic E-state index is 0.624. The molecule has 0 saturated heterocycles. The molecule has 2 aromatic carbocycles. The van der Waals surface area contributed by atoms with E-state index in [9.17, 15) is 5.11 Å². The number of hydrogen-bond donors (Lipinski definition) is 1. The Balaban J connectivity index is 2.35. The summed E-state index contributed by atoms with van der Waals surface area (Å²) in [5.41, 5.74) is 2.79. The number of aliphatic hydroxyl groups is 1. The van der Waals surface area contributed by atoms with Crippen molar-refractivity contribution < 1.29 is 9.84 Å². The fourth-order valence-corrected chi connectivity index (χ4v) is 3.29. The number of halogens is 2. The average Bonchev–Trinajstić information content (AvgIpc) is 2.37. The fourth-order valence-electron chi connectivity index (χ4n) is 2.09. The Morgan fingerprint density at radius 2 is 1.90 bits per heavy atom. The Bertz CT molecular complexity index is 591. The van der Waals surface area contributed by atoms with Crippen LogP contribution >= 0.6 is 31.9 Å². The highest BCUT2D eigenvalue weighted by Gasteiger charge is 2.15. The summed E-state index contributed by atoms with van der Waals surface area (Å²) in [5, 5.41) is 10.6. The minimum atomic E-state index is -0.670. The molecule has 0 heterocycles. The molecule has 1 atom stereocenters. The lowest BCUT2D eigenvalue weighted by Gasteiger charge is -2.15. The predicted octanol–water partition coefficient (Wildman–Crippen LogP) is 5.00. The van der Waals surface area contributed by atoms with Crippen molar-refractivity contribution in [1.82, 2.24) is 0 Å². The molecule has 0 bridgehead atoms. The van der Waals surface area contributed by atoms with E-state index in [1.807, 2.05) is 50.2 Å². The highest BCUT2D eigenvalue weighted by atomic mass is 79.9. The molecule has 0 aliphatic carbocycles. The van der Waals surface area contributed by atoms with Crippen molar-refractivity contribution in [1.29, 1.82) is 0 Å². The third-order valence-electron chi connectivity index (χ3n) is 2.96. The molecular weight excluding hydrogens is 384 g/mol. The van der Waals surface area contributed by atoms with Gasteiger partial charge in [0.2, 0.25) is 0 Å². The zero-order valence-corrected chi connectivity index (χ0v) is 14.5. The van der Waals surface area contributed by atoms with Gasteiger partial charge >= 0.3 is 0 Å². The maximum absolute atomic E-state index is 10.6. The number of rotatable bonds is 4. The van der Waals surface area contributed by atoms with E-state index in [1.165, 1.54) is 0 Å². The molecule has 0 aliphatic heterocycles. The van der Waals surface area contributed by atoms with E-state index in [0.717, 1.165) is 31.4 Å². The van der Waals surface area contributed by atoms with Crippen molar-refractivity contribution in [3.63, 3.8) is 0 Å². The molecule has 0 saturated carbocycles. The highest BCUT2D eigenvalue weighted by molar-refractivity contribution is 9.10. The molecule has 0 aromatic heterocycles. The fraction of sp³-hybridized carbons (Fsp3) is 0.250. The lowest BCUT2D eigenvalue weighted by molar-refractivity contribution is 0.219. The van der Waals surface area contributed by atoms with Crippen molar-refractivity contribution >= 4 is 31.9 Å². The van der Waals surface area contributed by atoms with Crippen LogP contribution in [-0.4, -0.2) is 11.7 Å². The molecule has 0 fully saturated rings. The first-order valence-electron chi connectivity index (χ1n) is 6.38. The summed E-state index contributed by atoms with van der Waals surface area (Å²) >= 11 is 6.96. The minimum Gasteiger partial charge on any atom is -0.494 e. The van der Waals surface area contributed by atoms with Crippen molar-refractivity contribution in [2.24, 2.45) is 0 Å². The van der Waals surface area contributed by atoms with Gasteiger partial charge in [0.1, 0.15) is 11.9 Å². The molecule has 0 amide bonds. The third-order valence-corrected chi connectivity index (χ3v) is 4.10. The van der Waals surface area contributed by atoms with Gasteiger partial charge in [0, 0.05) is 8.95 Å². The zero-order valence-electron chi connectivity index (χ0n) is 11.4. The van der Waals surface area contributed by atoms with Gasteiger partial charge in [0.05, 0.1) is 6.61 Å². The van der Waals surface area contributed by atoms with Gasteiger partial charge in [-0.05, 0) is 54.8 Å². The Morgan fingerprint density at radius 3 is 2.50 bits per heavy atom. The summed E-state index contributed by atoms with van der Waals surface area (Å²) in [6, 6.07) is 11.6. The lowest BCUT2D eigenvalue weighted by atomic mass is 10.00. The number of hydrogen-bond acceptors (Lipinski definition) is 2. The number of aryl methyl sites for hydroxylation is 1. The molecule has 4 heteroatoms. The topological polar surface area (TPSA) is 29.5 Å². The first-order valence-corrected chi connectivity index (χ1v) is 7.97. The van der Waals surface area contributed by atoms with Crippen molar-refractivity contribution in [2.75, 3.05) is 6.61 Å². The Kier molecular flexibility index (Phi) is 5.24. The maximum Gasteiger partial charge on any atom is 0.120 e. The lowest BCUT2D eigenvalue weighted by Crippen LogP contribution is -2.02. The van der Waals surface area contributed by atoms with Crippen molar-refractivity contribution in [3.05, 3.63) is 62.0 Å². The summed E-state index contributed by atoms with van der Waals surface area (Å²) in [7, 11) is 0. The second-order valence-corrected chi connectivity index (χ2v) is 6.35. The van der Waals surface area contributed by atoms with Crippen LogP contribution in [0.15, 0.2) is 45.3 Å². The van der Waals surface area contributed by atoms with Crippen LogP contribution in [0.5, 0.6) is 5.75 Å². The molecule has 0 radical (unpaired) electrons. The van der Waals surface area contributed by atoms with Crippen LogP contribution in [0, 0.1) is 6.92 Å². The molecule has 1 N–H and O–H groups in total. The second-order valence-electron chi connectivity index (χ2n) is 4.58. The van der Waals surface area contributed by atoms with Gasteiger partial charge in [0.15, 0.2) is 0 Å². The Labute approximate surface area is 136 Å². The summed E-state index contributed by atoms with van der Waals surface area (Å²) in [5.74, 6) is 0.792. The van der Waals surface area contributed by atoms with Gasteiger partial charge in [-0.1, -0.05) is 44.0 Å². The smallest absolute Gasteiger partial charge is 0.120 e. The predicted molar refractivity (Wildman–Crippen MR) is 88.3 cm³/mol. The summed E-state index contributed by atoms with van der Waals surface area (Å²) in [4.78, 5) is 0. The highest BCUT2D eigenvalue weighted by Crippen LogP contribution is 2.32. The van der Waals surface area contributed by atoms with E-state index >= 15 is 0 Å². The Morgan fingerprint density at radius 1 is 1.15 bits per heavy atom. The molecule has 2 nitrogen and oxygen atoms in total. The van der Waals surface area contributed by atoms with Crippen molar-refractivity contribution in [3.8, 4) is 5.75 Å². The quantitative estimate of drug-likeness (QED) is 0.783.